The Kier molecular flexibility index (Phi) is 5.09. The second-order valence-corrected chi connectivity index (χ2v) is 9.82. The molecule has 29 heavy (non-hydrogen) atoms. The van der Waals surface area contributed by atoms with E-state index in [0.29, 0.717) is 0 Å². The molecule has 0 aromatic carbocycles. The minimum Gasteiger partial charge on any atom is -0.405 e. The molecule has 1 aromatic rings. The van der Waals surface area contributed by atoms with E-state index in [1.807, 2.05) is 27.7 Å². The minimum atomic E-state index is -1.21. The quantitative estimate of drug-likeness (QED) is 0.428. The predicted molar refractivity (Wildman–Crippen MR) is 101 cm³/mol. The van der Waals surface area contributed by atoms with Crippen molar-refractivity contribution in [2.24, 2.45) is 22.7 Å². The van der Waals surface area contributed by atoms with Gasteiger partial charge in [0.2, 0.25) is 0 Å². The molecule has 3 rings (SSSR count). The summed E-state index contributed by atoms with van der Waals surface area (Å²) in [6, 6.07) is 2.41. The standard InChI is InChI=1S/C21H25NO7/c1-20(2)7-11(23)17(12(24)8-20)19(15-5-6-16(29-15)22(27)28)18-13(25)9-21(3,4)10-14(18)26/h5-6,17-19H,7-10H2,1-4H3. The van der Waals surface area contributed by atoms with Gasteiger partial charge in [0.05, 0.1) is 23.8 Å². The summed E-state index contributed by atoms with van der Waals surface area (Å²) in [5.74, 6) is -5.61. The zero-order chi connectivity index (χ0) is 21.7. The van der Waals surface area contributed by atoms with Gasteiger partial charge < -0.3 is 4.42 Å². The number of carbonyl (C=O) groups is 4. The summed E-state index contributed by atoms with van der Waals surface area (Å²) >= 11 is 0. The molecule has 0 spiro atoms. The lowest BCUT2D eigenvalue weighted by Gasteiger charge is -2.40. The minimum absolute atomic E-state index is 0.0329. The molecule has 0 bridgehead atoms. The number of furan rings is 1. The fourth-order valence-electron chi connectivity index (χ4n) is 4.75. The Morgan fingerprint density at radius 1 is 0.862 bits per heavy atom. The summed E-state index contributed by atoms with van der Waals surface area (Å²) < 4.78 is 5.30. The highest BCUT2D eigenvalue weighted by molar-refractivity contribution is 6.10. The van der Waals surface area contributed by atoms with Crippen molar-refractivity contribution < 1.29 is 28.5 Å². The maximum absolute atomic E-state index is 12.9. The molecule has 0 radical (unpaired) electrons. The monoisotopic (exact) mass is 403 g/mol. The van der Waals surface area contributed by atoms with E-state index in [0.717, 1.165) is 6.07 Å². The number of hydrogen-bond acceptors (Lipinski definition) is 7. The van der Waals surface area contributed by atoms with Gasteiger partial charge in [-0.05, 0) is 16.9 Å². The van der Waals surface area contributed by atoms with Crippen LogP contribution in [0.15, 0.2) is 16.5 Å². The number of nitro groups is 1. The Balaban J connectivity index is 2.09. The maximum atomic E-state index is 12.9. The number of nitrogens with zero attached hydrogens (tertiary/aromatic N) is 1. The summed E-state index contributed by atoms with van der Waals surface area (Å²) in [6.45, 7) is 7.24. The van der Waals surface area contributed by atoms with Gasteiger partial charge in [0.15, 0.2) is 0 Å². The van der Waals surface area contributed by atoms with Gasteiger partial charge in [0.25, 0.3) is 0 Å². The summed E-state index contributed by atoms with van der Waals surface area (Å²) in [5, 5.41) is 11.1. The Morgan fingerprint density at radius 2 is 1.24 bits per heavy atom. The zero-order valence-corrected chi connectivity index (χ0v) is 17.0. The van der Waals surface area contributed by atoms with Gasteiger partial charge in [-0.2, -0.15) is 0 Å². The molecular weight excluding hydrogens is 378 g/mol. The van der Waals surface area contributed by atoms with Crippen LogP contribution in [0.5, 0.6) is 0 Å². The van der Waals surface area contributed by atoms with Crippen LogP contribution in [0.3, 0.4) is 0 Å². The summed E-state index contributed by atoms with van der Waals surface area (Å²) in [6.07, 6.45) is 0.513. The summed E-state index contributed by atoms with van der Waals surface area (Å²) in [5.41, 5.74) is -1.01. The van der Waals surface area contributed by atoms with Crippen LogP contribution in [0.1, 0.15) is 65.1 Å². The number of carbonyl (C=O) groups excluding carboxylic acids is 4. The third kappa shape index (κ3) is 4.06. The molecule has 2 aliphatic rings. The van der Waals surface area contributed by atoms with Gasteiger partial charge in [-0.15, -0.1) is 0 Å². The van der Waals surface area contributed by atoms with Crippen molar-refractivity contribution in [3.05, 3.63) is 28.0 Å². The first-order valence-electron chi connectivity index (χ1n) is 9.66. The highest BCUT2D eigenvalue weighted by Crippen LogP contribution is 2.47. The van der Waals surface area contributed by atoms with E-state index in [9.17, 15) is 29.3 Å². The third-order valence-electron chi connectivity index (χ3n) is 5.84. The lowest BCUT2D eigenvalue weighted by molar-refractivity contribution is -0.402. The zero-order valence-electron chi connectivity index (χ0n) is 17.0. The summed E-state index contributed by atoms with van der Waals surface area (Å²) in [4.78, 5) is 62.1. The van der Waals surface area contributed by atoms with E-state index < -0.39 is 39.4 Å². The number of ketones is 4. The van der Waals surface area contributed by atoms with Crippen molar-refractivity contribution in [2.45, 2.75) is 59.3 Å². The van der Waals surface area contributed by atoms with Crippen LogP contribution in [0.2, 0.25) is 0 Å². The summed E-state index contributed by atoms with van der Waals surface area (Å²) in [7, 11) is 0. The molecule has 2 saturated carbocycles. The largest absolute Gasteiger partial charge is 0.433 e. The van der Waals surface area contributed by atoms with Crippen molar-refractivity contribution in [1.29, 1.82) is 0 Å². The molecule has 1 aromatic heterocycles. The lowest BCUT2D eigenvalue weighted by Crippen LogP contribution is -2.48. The smallest absolute Gasteiger partial charge is 0.405 e. The van der Waals surface area contributed by atoms with Crippen LogP contribution >= 0.6 is 0 Å². The Labute approximate surface area is 168 Å². The van der Waals surface area contributed by atoms with E-state index in [-0.39, 0.29) is 54.6 Å². The van der Waals surface area contributed by atoms with Crippen LogP contribution < -0.4 is 0 Å². The fourth-order valence-corrected chi connectivity index (χ4v) is 4.75. The Bertz CT molecular complexity index is 820. The average molecular weight is 403 g/mol. The van der Waals surface area contributed by atoms with Crippen molar-refractivity contribution in [2.75, 3.05) is 0 Å². The van der Waals surface area contributed by atoms with Gasteiger partial charge in [-0.1, -0.05) is 27.7 Å². The van der Waals surface area contributed by atoms with Crippen LogP contribution in [-0.4, -0.2) is 28.1 Å². The van der Waals surface area contributed by atoms with Crippen molar-refractivity contribution in [1.82, 2.24) is 0 Å². The number of hydrogen-bond donors (Lipinski definition) is 0. The first-order valence-corrected chi connectivity index (χ1v) is 9.66. The van der Waals surface area contributed by atoms with E-state index in [4.69, 9.17) is 4.42 Å². The molecule has 0 N–H and O–H groups in total. The van der Waals surface area contributed by atoms with Gasteiger partial charge in [-0.3, -0.25) is 29.3 Å². The topological polar surface area (TPSA) is 125 Å². The van der Waals surface area contributed by atoms with Crippen molar-refractivity contribution in [3.63, 3.8) is 0 Å². The van der Waals surface area contributed by atoms with Crippen LogP contribution in [0, 0.1) is 32.8 Å². The fraction of sp³-hybridized carbons (Fsp3) is 0.619. The molecule has 0 atom stereocenters. The lowest BCUT2D eigenvalue weighted by atomic mass is 9.60. The molecule has 1 heterocycles. The molecule has 0 unspecified atom stereocenters. The van der Waals surface area contributed by atoms with Crippen LogP contribution in [0.4, 0.5) is 5.88 Å². The molecule has 0 saturated heterocycles. The number of rotatable bonds is 4. The van der Waals surface area contributed by atoms with Gasteiger partial charge in [0, 0.05) is 25.7 Å². The first-order chi connectivity index (χ1) is 13.3. The molecule has 8 heteroatoms. The molecular formula is C21H25NO7. The maximum Gasteiger partial charge on any atom is 0.433 e. The second-order valence-electron chi connectivity index (χ2n) is 9.82. The third-order valence-corrected chi connectivity index (χ3v) is 5.84. The van der Waals surface area contributed by atoms with E-state index >= 15 is 0 Å². The SMILES string of the molecule is CC1(C)CC(=O)C(C(c2ccc([N+](=O)[O-])o2)C2C(=O)CC(C)(C)CC2=O)C(=O)C1. The highest BCUT2D eigenvalue weighted by Gasteiger charge is 2.53. The van der Waals surface area contributed by atoms with E-state index in [1.54, 1.807) is 0 Å². The van der Waals surface area contributed by atoms with Crippen molar-refractivity contribution >= 4 is 29.0 Å². The molecule has 2 aliphatic carbocycles. The highest BCUT2D eigenvalue weighted by atomic mass is 16.6. The predicted octanol–water partition coefficient (Wildman–Crippen LogP) is 3.42. The molecule has 2 fully saturated rings. The Morgan fingerprint density at radius 3 is 1.55 bits per heavy atom. The van der Waals surface area contributed by atoms with Gasteiger partial charge in [0.1, 0.15) is 33.8 Å². The van der Waals surface area contributed by atoms with Crippen LogP contribution in [0.25, 0.3) is 0 Å². The first kappa shape index (κ1) is 21.1. The second kappa shape index (κ2) is 7.00. The normalized spacial score (nSPS) is 23.1. The van der Waals surface area contributed by atoms with Gasteiger partial charge in [-0.25, -0.2) is 0 Å². The Hall–Kier alpha value is -2.64. The average Bonchev–Trinajstić information content (AvgIpc) is 2.99. The van der Waals surface area contributed by atoms with Crippen LogP contribution in [-0.2, 0) is 19.2 Å². The molecule has 0 aliphatic heterocycles. The van der Waals surface area contributed by atoms with Crippen molar-refractivity contribution in [3.8, 4) is 0 Å². The number of Topliss-reactive ketones (excluding diaryl/α,β-unsaturated/α-hetero) is 4. The molecule has 156 valence electrons. The molecule has 8 nitrogen and oxygen atoms in total. The van der Waals surface area contributed by atoms with Gasteiger partial charge >= 0.3 is 5.88 Å². The van der Waals surface area contributed by atoms with E-state index in [2.05, 4.69) is 0 Å². The molecule has 0 amide bonds. The van der Waals surface area contributed by atoms with E-state index in [1.165, 1.54) is 6.07 Å².